The van der Waals surface area contributed by atoms with E-state index in [1.54, 1.807) is 48.5 Å². The van der Waals surface area contributed by atoms with Crippen LogP contribution in [0.25, 0.3) is 0 Å². The van der Waals surface area contributed by atoms with Crippen molar-refractivity contribution in [2.45, 2.75) is 6.61 Å². The summed E-state index contributed by atoms with van der Waals surface area (Å²) in [5, 5.41) is 15.2. The number of anilines is 1. The lowest BCUT2D eigenvalue weighted by Crippen LogP contribution is -2.37. The third-order valence-corrected chi connectivity index (χ3v) is 3.26. The summed E-state index contributed by atoms with van der Waals surface area (Å²) in [4.78, 5) is 11.8. The third-order valence-electron chi connectivity index (χ3n) is 2.80. The molecule has 0 spiro atoms. The summed E-state index contributed by atoms with van der Waals surface area (Å²) in [7, 11) is 0. The number of hydrogen-bond donors (Lipinski definition) is 3. The number of carbonyl (C=O) groups excluding carboxylic acids is 1. The summed E-state index contributed by atoms with van der Waals surface area (Å²) >= 11 is 10.8. The van der Waals surface area contributed by atoms with Crippen molar-refractivity contribution in [3.63, 3.8) is 0 Å². The Labute approximate surface area is 144 Å². The predicted molar refractivity (Wildman–Crippen MR) is 93.7 cm³/mol. The van der Waals surface area contributed by atoms with Crippen LogP contribution in [0.5, 0.6) is 5.75 Å². The summed E-state index contributed by atoms with van der Waals surface area (Å²) in [6.45, 7) is -0.232. The average molecular weight is 351 g/mol. The largest absolute Gasteiger partial charge is 0.484 e. The van der Waals surface area contributed by atoms with Crippen LogP contribution in [0.4, 0.5) is 5.69 Å². The van der Waals surface area contributed by atoms with Gasteiger partial charge < -0.3 is 15.2 Å². The van der Waals surface area contributed by atoms with Gasteiger partial charge in [-0.25, -0.2) is 0 Å². The lowest BCUT2D eigenvalue weighted by molar-refractivity contribution is -0.121. The van der Waals surface area contributed by atoms with E-state index in [1.807, 2.05) is 0 Å². The minimum Gasteiger partial charge on any atom is -0.484 e. The maximum Gasteiger partial charge on any atom is 0.264 e. The van der Waals surface area contributed by atoms with Crippen LogP contribution >= 0.6 is 23.8 Å². The molecule has 0 fully saturated rings. The molecule has 0 aliphatic rings. The Bertz CT molecular complexity index is 692. The smallest absolute Gasteiger partial charge is 0.264 e. The van der Waals surface area contributed by atoms with Crippen molar-refractivity contribution in [3.05, 3.63) is 59.1 Å². The molecule has 5 nitrogen and oxygen atoms in total. The van der Waals surface area contributed by atoms with Crippen molar-refractivity contribution in [1.82, 2.24) is 5.32 Å². The molecule has 0 radical (unpaired) electrons. The topological polar surface area (TPSA) is 70.6 Å². The summed E-state index contributed by atoms with van der Waals surface area (Å²) in [5.41, 5.74) is 1.43. The zero-order valence-corrected chi connectivity index (χ0v) is 13.7. The predicted octanol–water partition coefficient (Wildman–Crippen LogP) is 2.72. The Kier molecular flexibility index (Phi) is 6.34. The molecule has 2 aromatic carbocycles. The van der Waals surface area contributed by atoms with Gasteiger partial charge in [-0.15, -0.1) is 0 Å². The molecule has 0 saturated heterocycles. The van der Waals surface area contributed by atoms with Crippen LogP contribution in [0.3, 0.4) is 0 Å². The standard InChI is InChI=1S/C16H15ClN2O3S/c17-12-4-6-14(7-5-12)22-10-15(21)19-16(23)18-13-3-1-2-11(8-13)9-20/h1-8,20H,9-10H2,(H2,18,19,21,23). The van der Waals surface area contributed by atoms with Gasteiger partial charge in [0.2, 0.25) is 0 Å². The maximum absolute atomic E-state index is 11.8. The van der Waals surface area contributed by atoms with Crippen molar-refractivity contribution in [1.29, 1.82) is 0 Å². The number of rotatable bonds is 5. The highest BCUT2D eigenvalue weighted by Gasteiger charge is 2.06. The van der Waals surface area contributed by atoms with Crippen LogP contribution in [0.2, 0.25) is 5.02 Å². The Balaban J connectivity index is 1.80. The normalized spacial score (nSPS) is 10.0. The number of amides is 1. The van der Waals surface area contributed by atoms with Gasteiger partial charge in [-0.1, -0.05) is 23.7 Å². The van der Waals surface area contributed by atoms with Crippen LogP contribution in [0.1, 0.15) is 5.56 Å². The molecule has 23 heavy (non-hydrogen) atoms. The second kappa shape index (κ2) is 8.47. The molecule has 7 heteroatoms. The molecule has 0 aliphatic heterocycles. The second-order valence-corrected chi connectivity index (χ2v) is 5.45. The fourth-order valence-corrected chi connectivity index (χ4v) is 2.11. The fourth-order valence-electron chi connectivity index (χ4n) is 1.75. The van der Waals surface area contributed by atoms with Gasteiger partial charge in [0, 0.05) is 10.7 Å². The number of benzene rings is 2. The molecule has 0 aromatic heterocycles. The van der Waals surface area contributed by atoms with E-state index in [0.717, 1.165) is 5.56 Å². The molecule has 0 atom stereocenters. The van der Waals surface area contributed by atoms with Crippen LogP contribution in [-0.4, -0.2) is 22.7 Å². The third kappa shape index (κ3) is 5.86. The number of halogens is 1. The molecule has 0 saturated carbocycles. The van der Waals surface area contributed by atoms with Gasteiger partial charge >= 0.3 is 0 Å². The molecule has 2 aromatic rings. The highest BCUT2D eigenvalue weighted by Crippen LogP contribution is 2.15. The summed E-state index contributed by atoms with van der Waals surface area (Å²) in [6.07, 6.45) is 0. The van der Waals surface area contributed by atoms with E-state index < -0.39 is 0 Å². The highest BCUT2D eigenvalue weighted by atomic mass is 35.5. The number of aliphatic hydroxyl groups excluding tert-OH is 1. The second-order valence-electron chi connectivity index (χ2n) is 4.60. The number of ether oxygens (including phenoxy) is 1. The number of hydrogen-bond acceptors (Lipinski definition) is 4. The van der Waals surface area contributed by atoms with Gasteiger partial charge in [-0.3, -0.25) is 10.1 Å². The minimum absolute atomic E-state index is 0.0659. The first-order valence-electron chi connectivity index (χ1n) is 6.76. The van der Waals surface area contributed by atoms with E-state index in [4.69, 9.17) is 33.7 Å². The van der Waals surface area contributed by atoms with Crippen LogP contribution in [0.15, 0.2) is 48.5 Å². The van der Waals surface area contributed by atoms with Gasteiger partial charge in [-0.2, -0.15) is 0 Å². The van der Waals surface area contributed by atoms with Gasteiger partial charge in [0.25, 0.3) is 5.91 Å². The zero-order chi connectivity index (χ0) is 16.7. The number of carbonyl (C=O) groups is 1. The average Bonchev–Trinajstić information content (AvgIpc) is 2.54. The van der Waals surface area contributed by atoms with E-state index in [9.17, 15) is 4.79 Å². The van der Waals surface area contributed by atoms with Gasteiger partial charge in [0.1, 0.15) is 5.75 Å². The molecule has 0 bridgehead atoms. The van der Waals surface area contributed by atoms with E-state index >= 15 is 0 Å². The van der Waals surface area contributed by atoms with E-state index in [1.165, 1.54) is 0 Å². The van der Waals surface area contributed by atoms with Crippen molar-refractivity contribution in [2.75, 3.05) is 11.9 Å². The summed E-state index contributed by atoms with van der Waals surface area (Å²) in [5.74, 6) is 0.162. The first kappa shape index (κ1) is 17.2. The van der Waals surface area contributed by atoms with Gasteiger partial charge in [0.05, 0.1) is 6.61 Å². The maximum atomic E-state index is 11.8. The minimum atomic E-state index is -0.379. The van der Waals surface area contributed by atoms with E-state index in [-0.39, 0.29) is 24.2 Å². The van der Waals surface area contributed by atoms with Gasteiger partial charge in [-0.05, 0) is 54.2 Å². The molecule has 120 valence electrons. The Hall–Kier alpha value is -2.15. The van der Waals surface area contributed by atoms with E-state index in [0.29, 0.717) is 16.5 Å². The summed E-state index contributed by atoms with van der Waals surface area (Å²) < 4.78 is 5.32. The molecule has 1 amide bonds. The monoisotopic (exact) mass is 350 g/mol. The number of thiocarbonyl (C=S) groups is 1. The molecule has 2 rings (SSSR count). The van der Waals surface area contributed by atoms with Crippen LogP contribution in [-0.2, 0) is 11.4 Å². The lowest BCUT2D eigenvalue weighted by atomic mass is 10.2. The molecule has 0 unspecified atom stereocenters. The van der Waals surface area contributed by atoms with Crippen LogP contribution in [0, 0.1) is 0 Å². The Morgan fingerprint density at radius 2 is 1.96 bits per heavy atom. The van der Waals surface area contributed by atoms with Crippen molar-refractivity contribution < 1.29 is 14.6 Å². The van der Waals surface area contributed by atoms with Crippen LogP contribution < -0.4 is 15.4 Å². The molecule has 0 aliphatic carbocycles. The van der Waals surface area contributed by atoms with Crippen molar-refractivity contribution in [2.24, 2.45) is 0 Å². The number of aliphatic hydroxyl groups is 1. The van der Waals surface area contributed by atoms with E-state index in [2.05, 4.69) is 10.6 Å². The van der Waals surface area contributed by atoms with Gasteiger partial charge in [0.15, 0.2) is 11.7 Å². The highest BCUT2D eigenvalue weighted by molar-refractivity contribution is 7.80. The number of nitrogens with one attached hydrogen (secondary N) is 2. The molecule has 3 N–H and O–H groups in total. The Morgan fingerprint density at radius 3 is 2.65 bits per heavy atom. The molecular formula is C16H15ClN2O3S. The first-order valence-corrected chi connectivity index (χ1v) is 7.54. The van der Waals surface area contributed by atoms with Crippen molar-refractivity contribution >= 4 is 40.5 Å². The Morgan fingerprint density at radius 1 is 1.22 bits per heavy atom. The quantitative estimate of drug-likeness (QED) is 0.723. The fraction of sp³-hybridized carbons (Fsp3) is 0.125. The summed E-state index contributed by atoms with van der Waals surface area (Å²) in [6, 6.07) is 13.8. The molecular weight excluding hydrogens is 336 g/mol. The lowest BCUT2D eigenvalue weighted by Gasteiger charge is -2.11. The van der Waals surface area contributed by atoms with Crippen molar-refractivity contribution in [3.8, 4) is 5.75 Å². The SMILES string of the molecule is O=C(COc1ccc(Cl)cc1)NC(=S)Nc1cccc(CO)c1. The molecule has 0 heterocycles. The first-order chi connectivity index (χ1) is 11.1. The zero-order valence-electron chi connectivity index (χ0n) is 12.1.